The smallest absolute Gasteiger partial charge is 0.339 e. The molecule has 1 aromatic carbocycles. The summed E-state index contributed by atoms with van der Waals surface area (Å²) in [6.45, 7) is 3.32. The number of phenols is 1. The highest BCUT2D eigenvalue weighted by molar-refractivity contribution is 5.96. The number of esters is 1. The van der Waals surface area contributed by atoms with Crippen LogP contribution in [0.15, 0.2) is 30.4 Å². The minimum atomic E-state index is -1.76. The standard InChI is InChI=1S/C20H24O7/c1-11-9-14(21)10-13-6-4-8-16(23)19(25)18(24)15(22)7-3-5-12(2)27-20(26)17(11)13/h3-4,6-7,9-10,12,16,18-19,21,23-25H,5,8H2,1-2H3/b6-4?,7-3-/t12-,16+,18+,19-/m0/s1. The average molecular weight is 376 g/mol. The number of aromatic hydroxyl groups is 1. The predicted octanol–water partition coefficient (Wildman–Crippen LogP) is 1.26. The van der Waals surface area contributed by atoms with Crippen molar-refractivity contribution >= 4 is 17.8 Å². The zero-order valence-corrected chi connectivity index (χ0v) is 15.2. The molecule has 1 aliphatic rings. The molecule has 1 heterocycles. The number of phenolic OH excluding ortho intramolecular Hbond substituents is 1. The van der Waals surface area contributed by atoms with Gasteiger partial charge in [0.2, 0.25) is 0 Å². The molecule has 4 N–H and O–H groups in total. The summed E-state index contributed by atoms with van der Waals surface area (Å²) < 4.78 is 5.40. The van der Waals surface area contributed by atoms with E-state index in [1.165, 1.54) is 30.4 Å². The van der Waals surface area contributed by atoms with E-state index in [-0.39, 0.29) is 24.2 Å². The fraction of sp³-hybridized carbons (Fsp3) is 0.400. The summed E-state index contributed by atoms with van der Waals surface area (Å²) in [6.07, 6.45) is 0.341. The normalized spacial score (nSPS) is 28.6. The van der Waals surface area contributed by atoms with Gasteiger partial charge in [-0.1, -0.05) is 18.2 Å². The molecule has 27 heavy (non-hydrogen) atoms. The summed E-state index contributed by atoms with van der Waals surface area (Å²) in [5, 5.41) is 39.6. The van der Waals surface area contributed by atoms with Crippen molar-refractivity contribution in [2.24, 2.45) is 0 Å². The summed E-state index contributed by atoms with van der Waals surface area (Å²) >= 11 is 0. The Morgan fingerprint density at radius 3 is 2.41 bits per heavy atom. The first-order valence-electron chi connectivity index (χ1n) is 8.66. The highest BCUT2D eigenvalue weighted by Gasteiger charge is 2.28. The average Bonchev–Trinajstić information content (AvgIpc) is 2.58. The topological polar surface area (TPSA) is 124 Å². The molecule has 0 saturated carbocycles. The molecule has 2 rings (SSSR count). The third kappa shape index (κ3) is 5.26. The minimum Gasteiger partial charge on any atom is -0.508 e. The summed E-state index contributed by atoms with van der Waals surface area (Å²) in [5.41, 5.74) is 1.20. The third-order valence-electron chi connectivity index (χ3n) is 4.30. The molecule has 0 bridgehead atoms. The minimum absolute atomic E-state index is 0.0285. The van der Waals surface area contributed by atoms with Crippen molar-refractivity contribution in [3.8, 4) is 5.75 Å². The van der Waals surface area contributed by atoms with Crippen molar-refractivity contribution in [2.75, 3.05) is 0 Å². The number of carbonyl (C=O) groups is 2. The zero-order chi connectivity index (χ0) is 20.1. The Hall–Kier alpha value is -2.48. The van der Waals surface area contributed by atoms with Gasteiger partial charge < -0.3 is 25.2 Å². The lowest BCUT2D eigenvalue weighted by molar-refractivity contribution is -0.133. The van der Waals surface area contributed by atoms with E-state index < -0.39 is 36.2 Å². The molecule has 0 saturated heterocycles. The van der Waals surface area contributed by atoms with Gasteiger partial charge in [-0.25, -0.2) is 4.79 Å². The van der Waals surface area contributed by atoms with E-state index >= 15 is 0 Å². The first-order valence-corrected chi connectivity index (χ1v) is 8.66. The van der Waals surface area contributed by atoms with Gasteiger partial charge in [0.05, 0.1) is 11.7 Å². The lowest BCUT2D eigenvalue weighted by atomic mass is 9.98. The first kappa shape index (κ1) is 20.8. The highest BCUT2D eigenvalue weighted by Crippen LogP contribution is 2.25. The SMILES string of the molecule is Cc1cc(O)cc2c1C(=O)O[C@@H](C)C/C=C\C(=O)[C@@H](O)[C@@H](O)[C@H](O)CC=C2. The summed E-state index contributed by atoms with van der Waals surface area (Å²) in [5.74, 6) is -1.35. The number of aliphatic hydroxyl groups is 3. The maximum absolute atomic E-state index is 12.6. The van der Waals surface area contributed by atoms with Gasteiger partial charge in [-0.2, -0.15) is 0 Å². The Labute approximate surface area is 157 Å². The van der Waals surface area contributed by atoms with Crippen molar-refractivity contribution < 1.29 is 34.8 Å². The Bertz CT molecular complexity index is 766. The molecule has 1 aliphatic heterocycles. The van der Waals surface area contributed by atoms with Crippen LogP contribution in [0.2, 0.25) is 0 Å². The van der Waals surface area contributed by atoms with E-state index in [9.17, 15) is 30.0 Å². The number of hydrogen-bond donors (Lipinski definition) is 4. The number of carbonyl (C=O) groups excluding carboxylic acids is 2. The van der Waals surface area contributed by atoms with Gasteiger partial charge in [-0.3, -0.25) is 4.79 Å². The third-order valence-corrected chi connectivity index (χ3v) is 4.30. The van der Waals surface area contributed by atoms with Crippen LogP contribution in [0.1, 0.15) is 41.3 Å². The van der Waals surface area contributed by atoms with E-state index in [1.807, 2.05) is 0 Å². The summed E-state index contributed by atoms with van der Waals surface area (Å²) in [4.78, 5) is 24.4. The molecule has 0 amide bonds. The van der Waals surface area contributed by atoms with Crippen LogP contribution in [-0.4, -0.2) is 56.6 Å². The number of ketones is 1. The molecule has 7 nitrogen and oxygen atoms in total. The van der Waals surface area contributed by atoms with E-state index in [0.29, 0.717) is 11.1 Å². The molecule has 0 radical (unpaired) electrons. The largest absolute Gasteiger partial charge is 0.508 e. The molecule has 0 spiro atoms. The Morgan fingerprint density at radius 1 is 1.04 bits per heavy atom. The number of ether oxygens (including phenoxy) is 1. The number of fused-ring (bicyclic) bond motifs is 1. The second kappa shape index (κ2) is 8.94. The molecule has 1 aromatic rings. The molecule has 7 heteroatoms. The van der Waals surface area contributed by atoms with Crippen molar-refractivity contribution in [2.45, 2.75) is 51.1 Å². The summed E-state index contributed by atoms with van der Waals surface area (Å²) in [7, 11) is 0. The van der Waals surface area contributed by atoms with Gasteiger partial charge in [-0.15, -0.1) is 0 Å². The Balaban J connectivity index is 2.43. The number of rotatable bonds is 0. The zero-order valence-electron chi connectivity index (χ0n) is 15.2. The van der Waals surface area contributed by atoms with Crippen LogP contribution < -0.4 is 0 Å². The van der Waals surface area contributed by atoms with Crippen LogP contribution in [0.4, 0.5) is 0 Å². The van der Waals surface area contributed by atoms with Gasteiger partial charge in [-0.05, 0) is 49.6 Å². The predicted molar refractivity (Wildman–Crippen MR) is 98.2 cm³/mol. The van der Waals surface area contributed by atoms with Crippen molar-refractivity contribution in [1.82, 2.24) is 0 Å². The van der Waals surface area contributed by atoms with Gasteiger partial charge in [0.15, 0.2) is 5.78 Å². The maximum atomic E-state index is 12.6. The van der Waals surface area contributed by atoms with Gasteiger partial charge in [0.1, 0.15) is 24.1 Å². The molecule has 146 valence electrons. The number of hydrogen-bond acceptors (Lipinski definition) is 7. The fourth-order valence-electron chi connectivity index (χ4n) is 2.82. The van der Waals surface area contributed by atoms with Crippen molar-refractivity contribution in [3.63, 3.8) is 0 Å². The van der Waals surface area contributed by atoms with E-state index in [0.717, 1.165) is 6.08 Å². The van der Waals surface area contributed by atoms with Crippen LogP contribution in [0.5, 0.6) is 5.75 Å². The first-order chi connectivity index (χ1) is 12.7. The molecular weight excluding hydrogens is 352 g/mol. The van der Waals surface area contributed by atoms with Crippen LogP contribution >= 0.6 is 0 Å². The number of aliphatic hydroxyl groups excluding tert-OH is 3. The quantitative estimate of drug-likeness (QED) is 0.503. The van der Waals surface area contributed by atoms with Crippen LogP contribution in [-0.2, 0) is 9.53 Å². The lowest BCUT2D eigenvalue weighted by Crippen LogP contribution is -2.41. The van der Waals surface area contributed by atoms with Gasteiger partial charge in [0, 0.05) is 6.42 Å². The Morgan fingerprint density at radius 2 is 1.70 bits per heavy atom. The maximum Gasteiger partial charge on any atom is 0.339 e. The Kier molecular flexibility index (Phi) is 6.90. The van der Waals surface area contributed by atoms with Crippen LogP contribution in [0, 0.1) is 6.92 Å². The highest BCUT2D eigenvalue weighted by atomic mass is 16.5. The monoisotopic (exact) mass is 376 g/mol. The van der Waals surface area contributed by atoms with Crippen LogP contribution in [0.3, 0.4) is 0 Å². The number of aryl methyl sites for hydroxylation is 1. The molecule has 0 aliphatic carbocycles. The van der Waals surface area contributed by atoms with Gasteiger partial charge >= 0.3 is 5.97 Å². The molecule has 0 unspecified atom stereocenters. The number of benzene rings is 1. The second-order valence-corrected chi connectivity index (χ2v) is 6.62. The fourth-order valence-corrected chi connectivity index (χ4v) is 2.82. The molecule has 0 fully saturated rings. The van der Waals surface area contributed by atoms with Crippen molar-refractivity contribution in [3.05, 3.63) is 47.1 Å². The lowest BCUT2D eigenvalue weighted by Gasteiger charge is -2.20. The van der Waals surface area contributed by atoms with Gasteiger partial charge in [0.25, 0.3) is 0 Å². The van der Waals surface area contributed by atoms with Crippen molar-refractivity contribution in [1.29, 1.82) is 0 Å². The molecule has 4 atom stereocenters. The second-order valence-electron chi connectivity index (χ2n) is 6.62. The molecule has 0 aromatic heterocycles. The van der Waals surface area contributed by atoms with Crippen LogP contribution in [0.25, 0.3) is 6.08 Å². The van der Waals surface area contributed by atoms with E-state index in [1.54, 1.807) is 13.8 Å². The summed E-state index contributed by atoms with van der Waals surface area (Å²) in [6, 6.07) is 2.84. The molecular formula is C20H24O7. The van der Waals surface area contributed by atoms with E-state index in [4.69, 9.17) is 4.74 Å². The number of cyclic esters (lactones) is 1. The van der Waals surface area contributed by atoms with E-state index in [2.05, 4.69) is 0 Å².